The minimum absolute atomic E-state index is 0.257. The van der Waals surface area contributed by atoms with Crippen molar-refractivity contribution in [3.63, 3.8) is 0 Å². The van der Waals surface area contributed by atoms with E-state index in [4.69, 9.17) is 0 Å². The summed E-state index contributed by atoms with van der Waals surface area (Å²) in [5.41, 5.74) is 1.19. The van der Waals surface area contributed by atoms with Crippen LogP contribution in [0.15, 0.2) is 18.2 Å². The smallest absolute Gasteiger partial charge is 0.159 e. The van der Waals surface area contributed by atoms with Gasteiger partial charge in [-0.2, -0.15) is 0 Å². The third-order valence-electron chi connectivity index (χ3n) is 4.57. The van der Waals surface area contributed by atoms with E-state index in [2.05, 4.69) is 5.32 Å². The van der Waals surface area contributed by atoms with Gasteiger partial charge in [-0.25, -0.2) is 8.78 Å². The first-order valence-corrected chi connectivity index (χ1v) is 7.34. The van der Waals surface area contributed by atoms with E-state index in [9.17, 15) is 8.78 Å². The molecule has 1 aromatic carbocycles. The van der Waals surface area contributed by atoms with Gasteiger partial charge in [0.25, 0.3) is 0 Å². The van der Waals surface area contributed by atoms with Crippen molar-refractivity contribution in [3.8, 4) is 0 Å². The third-order valence-corrected chi connectivity index (χ3v) is 4.57. The van der Waals surface area contributed by atoms with E-state index in [1.165, 1.54) is 50.7 Å². The summed E-state index contributed by atoms with van der Waals surface area (Å²) in [6.07, 6.45) is 8.37. The van der Waals surface area contributed by atoms with Crippen molar-refractivity contribution in [2.24, 2.45) is 5.41 Å². The van der Waals surface area contributed by atoms with Crippen LogP contribution in [0.5, 0.6) is 0 Å². The van der Waals surface area contributed by atoms with Crippen LogP contribution in [-0.4, -0.2) is 12.6 Å². The Labute approximate surface area is 113 Å². The third kappa shape index (κ3) is 3.14. The summed E-state index contributed by atoms with van der Waals surface area (Å²) in [5.74, 6) is -1.47. The Hall–Kier alpha value is -0.960. The zero-order valence-corrected chi connectivity index (χ0v) is 11.2. The molecule has 1 nitrogen and oxygen atoms in total. The van der Waals surface area contributed by atoms with Crippen molar-refractivity contribution < 1.29 is 8.78 Å². The molecule has 1 aromatic rings. The molecule has 0 bridgehead atoms. The Kier molecular flexibility index (Phi) is 3.57. The van der Waals surface area contributed by atoms with Crippen LogP contribution in [0.2, 0.25) is 0 Å². The molecule has 3 rings (SSSR count). The Morgan fingerprint density at radius 2 is 1.84 bits per heavy atom. The van der Waals surface area contributed by atoms with Crippen LogP contribution >= 0.6 is 0 Å². The number of hydrogen-bond donors (Lipinski definition) is 1. The van der Waals surface area contributed by atoms with Crippen molar-refractivity contribution in [2.75, 3.05) is 6.54 Å². The van der Waals surface area contributed by atoms with Gasteiger partial charge in [0.15, 0.2) is 11.6 Å². The standard InChI is InChI=1S/C16H21F2N/c17-14-6-3-12(9-15(14)18)10-16(7-1-2-8-16)11-19-13-4-5-13/h3,6,9,13,19H,1-2,4-5,7-8,10-11H2. The molecule has 0 heterocycles. The summed E-state index contributed by atoms with van der Waals surface area (Å²) in [6.45, 7) is 1.02. The zero-order valence-electron chi connectivity index (χ0n) is 11.2. The second kappa shape index (κ2) is 5.20. The van der Waals surface area contributed by atoms with Crippen LogP contribution in [-0.2, 0) is 6.42 Å². The quantitative estimate of drug-likeness (QED) is 0.853. The van der Waals surface area contributed by atoms with E-state index in [1.807, 2.05) is 0 Å². The largest absolute Gasteiger partial charge is 0.313 e. The molecule has 2 fully saturated rings. The molecule has 1 N–H and O–H groups in total. The highest BCUT2D eigenvalue weighted by Crippen LogP contribution is 2.41. The first-order chi connectivity index (χ1) is 9.17. The van der Waals surface area contributed by atoms with Gasteiger partial charge in [0, 0.05) is 12.6 Å². The van der Waals surface area contributed by atoms with Gasteiger partial charge in [0.1, 0.15) is 0 Å². The van der Waals surface area contributed by atoms with E-state index in [-0.39, 0.29) is 5.41 Å². The molecule has 0 saturated heterocycles. The predicted molar refractivity (Wildman–Crippen MR) is 72.0 cm³/mol. The van der Waals surface area contributed by atoms with E-state index in [1.54, 1.807) is 6.07 Å². The molecule has 0 spiro atoms. The molecule has 0 atom stereocenters. The average Bonchev–Trinajstić information content (AvgIpc) is 3.12. The molecule has 0 aromatic heterocycles. The maximum atomic E-state index is 13.3. The fraction of sp³-hybridized carbons (Fsp3) is 0.625. The van der Waals surface area contributed by atoms with Gasteiger partial charge in [-0.1, -0.05) is 18.9 Å². The second-order valence-electron chi connectivity index (χ2n) is 6.29. The molecular formula is C16H21F2N. The minimum atomic E-state index is -0.750. The lowest BCUT2D eigenvalue weighted by molar-refractivity contribution is 0.276. The summed E-state index contributed by atoms with van der Waals surface area (Å²) in [5, 5.41) is 3.62. The Bertz CT molecular complexity index is 448. The normalized spacial score (nSPS) is 21.8. The highest BCUT2D eigenvalue weighted by molar-refractivity contribution is 5.20. The van der Waals surface area contributed by atoms with E-state index in [0.717, 1.165) is 18.5 Å². The minimum Gasteiger partial charge on any atom is -0.313 e. The number of hydrogen-bond acceptors (Lipinski definition) is 1. The molecular weight excluding hydrogens is 244 g/mol. The predicted octanol–water partition coefficient (Wildman–Crippen LogP) is 3.82. The number of rotatable bonds is 5. The molecule has 2 saturated carbocycles. The number of nitrogens with one attached hydrogen (secondary N) is 1. The summed E-state index contributed by atoms with van der Waals surface area (Å²) < 4.78 is 26.3. The molecule has 3 heteroatoms. The van der Waals surface area contributed by atoms with Crippen molar-refractivity contribution >= 4 is 0 Å². The lowest BCUT2D eigenvalue weighted by Crippen LogP contribution is -2.35. The fourth-order valence-corrected chi connectivity index (χ4v) is 3.27. The van der Waals surface area contributed by atoms with E-state index < -0.39 is 11.6 Å². The molecule has 0 unspecified atom stereocenters. The molecule has 0 aliphatic heterocycles. The highest BCUT2D eigenvalue weighted by atomic mass is 19.2. The Morgan fingerprint density at radius 3 is 2.47 bits per heavy atom. The topological polar surface area (TPSA) is 12.0 Å². The molecule has 0 radical (unpaired) electrons. The molecule has 0 amide bonds. The van der Waals surface area contributed by atoms with Gasteiger partial charge in [-0.3, -0.25) is 0 Å². The van der Waals surface area contributed by atoms with Crippen molar-refractivity contribution in [3.05, 3.63) is 35.4 Å². The first-order valence-electron chi connectivity index (χ1n) is 7.34. The second-order valence-corrected chi connectivity index (χ2v) is 6.29. The number of halogens is 2. The van der Waals surface area contributed by atoms with Crippen LogP contribution in [0.4, 0.5) is 8.78 Å². The monoisotopic (exact) mass is 265 g/mol. The van der Waals surface area contributed by atoms with Crippen LogP contribution < -0.4 is 5.32 Å². The highest BCUT2D eigenvalue weighted by Gasteiger charge is 2.35. The maximum absolute atomic E-state index is 13.3. The van der Waals surface area contributed by atoms with Gasteiger partial charge in [0.05, 0.1) is 0 Å². The van der Waals surface area contributed by atoms with Crippen molar-refractivity contribution in [1.82, 2.24) is 5.32 Å². The summed E-state index contributed by atoms with van der Waals surface area (Å²) >= 11 is 0. The maximum Gasteiger partial charge on any atom is 0.159 e. The van der Waals surface area contributed by atoms with E-state index in [0.29, 0.717) is 6.04 Å². The summed E-state index contributed by atoms with van der Waals surface area (Å²) in [4.78, 5) is 0. The van der Waals surface area contributed by atoms with Gasteiger partial charge in [0.2, 0.25) is 0 Å². The molecule has 2 aliphatic rings. The Balaban J connectivity index is 1.70. The number of benzene rings is 1. The molecule has 19 heavy (non-hydrogen) atoms. The summed E-state index contributed by atoms with van der Waals surface area (Å²) in [6, 6.07) is 5.06. The molecule has 2 aliphatic carbocycles. The lowest BCUT2D eigenvalue weighted by Gasteiger charge is -2.30. The van der Waals surface area contributed by atoms with Gasteiger partial charge in [-0.05, 0) is 55.2 Å². The van der Waals surface area contributed by atoms with Gasteiger partial charge < -0.3 is 5.32 Å². The first kappa shape index (κ1) is 13.0. The average molecular weight is 265 g/mol. The SMILES string of the molecule is Fc1ccc(CC2(CNC3CC3)CCCC2)cc1F. The van der Waals surface area contributed by atoms with Crippen LogP contribution in [0.3, 0.4) is 0 Å². The van der Waals surface area contributed by atoms with Crippen LogP contribution in [0.25, 0.3) is 0 Å². The van der Waals surface area contributed by atoms with Crippen molar-refractivity contribution in [2.45, 2.75) is 51.0 Å². The van der Waals surface area contributed by atoms with Gasteiger partial charge in [-0.15, -0.1) is 0 Å². The van der Waals surface area contributed by atoms with Crippen molar-refractivity contribution in [1.29, 1.82) is 0 Å². The molecule has 104 valence electrons. The fourth-order valence-electron chi connectivity index (χ4n) is 3.27. The van der Waals surface area contributed by atoms with Gasteiger partial charge >= 0.3 is 0 Å². The zero-order chi connectivity index (χ0) is 13.3. The summed E-state index contributed by atoms with van der Waals surface area (Å²) in [7, 11) is 0. The van der Waals surface area contributed by atoms with E-state index >= 15 is 0 Å². The Morgan fingerprint density at radius 1 is 1.11 bits per heavy atom. The lowest BCUT2D eigenvalue weighted by atomic mass is 9.80. The van der Waals surface area contributed by atoms with Crippen LogP contribution in [0, 0.1) is 17.0 Å². The van der Waals surface area contributed by atoms with Crippen LogP contribution in [0.1, 0.15) is 44.1 Å².